The monoisotopic (exact) mass is 296 g/mol. The number of amides is 1. The Morgan fingerprint density at radius 3 is 2.67 bits per heavy atom. The number of aliphatic hydroxyl groups excluding tert-OH is 1. The number of ether oxygens (including phenoxy) is 1. The molecule has 5 nitrogen and oxygen atoms in total. The summed E-state index contributed by atoms with van der Waals surface area (Å²) >= 11 is 0. The lowest BCUT2D eigenvalue weighted by molar-refractivity contribution is -0.187. The number of aliphatic hydroxyl groups is 1. The molecule has 0 bridgehead atoms. The van der Waals surface area contributed by atoms with E-state index in [1.165, 1.54) is 6.42 Å². The Bertz CT molecular complexity index is 422. The van der Waals surface area contributed by atoms with Gasteiger partial charge in [-0.05, 0) is 32.1 Å². The lowest BCUT2D eigenvalue weighted by atomic mass is 9.47. The van der Waals surface area contributed by atoms with Crippen LogP contribution in [0.15, 0.2) is 0 Å². The second-order valence-corrected chi connectivity index (χ2v) is 7.44. The largest absolute Gasteiger partial charge is 0.396 e. The third kappa shape index (κ3) is 1.97. The molecule has 1 amide bonds. The second-order valence-electron chi connectivity index (χ2n) is 7.44. The third-order valence-corrected chi connectivity index (χ3v) is 6.14. The maximum absolute atomic E-state index is 13.2. The quantitative estimate of drug-likeness (QED) is 0.790. The Morgan fingerprint density at radius 1 is 1.38 bits per heavy atom. The zero-order valence-electron chi connectivity index (χ0n) is 13.2. The molecule has 3 rings (SSSR count). The first kappa shape index (κ1) is 15.3. The summed E-state index contributed by atoms with van der Waals surface area (Å²) < 4.78 is 5.78. The van der Waals surface area contributed by atoms with Crippen molar-refractivity contribution in [3.63, 3.8) is 0 Å². The lowest BCUT2D eigenvalue weighted by Gasteiger charge is -2.62. The van der Waals surface area contributed by atoms with Gasteiger partial charge in [-0.15, -0.1) is 0 Å². The highest BCUT2D eigenvalue weighted by molar-refractivity contribution is 5.90. The van der Waals surface area contributed by atoms with Gasteiger partial charge in [-0.3, -0.25) is 4.79 Å². The number of hydrogen-bond donors (Lipinski definition) is 2. The highest BCUT2D eigenvalue weighted by Gasteiger charge is 2.72. The van der Waals surface area contributed by atoms with Crippen molar-refractivity contribution in [2.24, 2.45) is 17.1 Å². The average molecular weight is 296 g/mol. The van der Waals surface area contributed by atoms with Crippen molar-refractivity contribution in [3.8, 4) is 0 Å². The van der Waals surface area contributed by atoms with E-state index in [4.69, 9.17) is 15.6 Å². The molecule has 0 aromatic rings. The molecule has 1 aliphatic heterocycles. The van der Waals surface area contributed by atoms with E-state index in [1.807, 2.05) is 4.90 Å². The van der Waals surface area contributed by atoms with Crippen molar-refractivity contribution in [2.45, 2.75) is 63.6 Å². The van der Waals surface area contributed by atoms with E-state index in [2.05, 4.69) is 13.8 Å². The van der Waals surface area contributed by atoms with Gasteiger partial charge < -0.3 is 20.5 Å². The molecular weight excluding hydrogens is 268 g/mol. The van der Waals surface area contributed by atoms with E-state index in [-0.39, 0.29) is 30.0 Å². The lowest BCUT2D eigenvalue weighted by Crippen LogP contribution is -2.81. The standard InChI is InChI=1S/C16H28N2O3/c1-15(2)13-12(7-10-21-13)16(15,17)14(20)18(8-4-9-19)11-5-3-6-11/h11-13,19H,3-10,17H2,1-2H3. The Kier molecular flexibility index (Phi) is 3.79. The minimum atomic E-state index is -0.806. The number of hydrogen-bond acceptors (Lipinski definition) is 4. The fourth-order valence-electron chi connectivity index (χ4n) is 4.45. The van der Waals surface area contributed by atoms with Crippen LogP contribution in [0.2, 0.25) is 0 Å². The number of carbonyl (C=O) groups is 1. The van der Waals surface area contributed by atoms with Crippen molar-refractivity contribution in [1.82, 2.24) is 4.90 Å². The molecule has 2 saturated carbocycles. The van der Waals surface area contributed by atoms with Gasteiger partial charge in [0.2, 0.25) is 5.91 Å². The van der Waals surface area contributed by atoms with Crippen LogP contribution >= 0.6 is 0 Å². The second kappa shape index (κ2) is 5.21. The van der Waals surface area contributed by atoms with Gasteiger partial charge in [-0.1, -0.05) is 13.8 Å². The zero-order chi connectivity index (χ0) is 15.3. The molecule has 0 aromatic heterocycles. The van der Waals surface area contributed by atoms with E-state index in [0.29, 0.717) is 25.6 Å². The predicted molar refractivity (Wildman–Crippen MR) is 79.6 cm³/mol. The molecule has 5 heteroatoms. The minimum absolute atomic E-state index is 0.0809. The van der Waals surface area contributed by atoms with E-state index in [0.717, 1.165) is 19.3 Å². The van der Waals surface area contributed by atoms with Crippen LogP contribution in [-0.4, -0.2) is 53.4 Å². The Hall–Kier alpha value is -0.650. The first-order chi connectivity index (χ1) is 9.94. The predicted octanol–water partition coefficient (Wildman–Crippen LogP) is 0.892. The maximum Gasteiger partial charge on any atom is 0.243 e. The van der Waals surface area contributed by atoms with Gasteiger partial charge in [-0.2, -0.15) is 0 Å². The highest BCUT2D eigenvalue weighted by Crippen LogP contribution is 2.59. The molecule has 0 aromatic carbocycles. The first-order valence-corrected chi connectivity index (χ1v) is 8.27. The molecule has 1 saturated heterocycles. The fourth-order valence-corrected chi connectivity index (χ4v) is 4.45. The molecule has 3 aliphatic rings. The van der Waals surface area contributed by atoms with Gasteiger partial charge in [0.15, 0.2) is 0 Å². The molecule has 3 atom stereocenters. The maximum atomic E-state index is 13.2. The molecule has 3 fully saturated rings. The van der Waals surface area contributed by atoms with E-state index >= 15 is 0 Å². The summed E-state index contributed by atoms with van der Waals surface area (Å²) in [5.41, 5.74) is 5.55. The van der Waals surface area contributed by atoms with Crippen LogP contribution in [0.5, 0.6) is 0 Å². The summed E-state index contributed by atoms with van der Waals surface area (Å²) in [5, 5.41) is 9.11. The van der Waals surface area contributed by atoms with Crippen LogP contribution in [0.4, 0.5) is 0 Å². The number of carbonyl (C=O) groups excluding carboxylic acids is 1. The molecule has 120 valence electrons. The number of fused-ring (bicyclic) bond motifs is 1. The van der Waals surface area contributed by atoms with Gasteiger partial charge in [-0.25, -0.2) is 0 Å². The van der Waals surface area contributed by atoms with E-state index in [9.17, 15) is 4.79 Å². The molecular formula is C16H28N2O3. The van der Waals surface area contributed by atoms with E-state index in [1.54, 1.807) is 0 Å². The van der Waals surface area contributed by atoms with Crippen molar-refractivity contribution in [3.05, 3.63) is 0 Å². The Morgan fingerprint density at radius 2 is 2.10 bits per heavy atom. The van der Waals surface area contributed by atoms with Crippen molar-refractivity contribution < 1.29 is 14.6 Å². The summed E-state index contributed by atoms with van der Waals surface area (Å²) in [5.74, 6) is 0.231. The SMILES string of the molecule is CC1(C)C2OCCC2C1(N)C(=O)N(CCCO)C1CCC1. The molecule has 0 radical (unpaired) electrons. The Balaban J connectivity index is 1.81. The van der Waals surface area contributed by atoms with E-state index < -0.39 is 5.54 Å². The average Bonchev–Trinajstić information content (AvgIpc) is 2.87. The van der Waals surface area contributed by atoms with Gasteiger partial charge >= 0.3 is 0 Å². The topological polar surface area (TPSA) is 75.8 Å². The van der Waals surface area contributed by atoms with Crippen molar-refractivity contribution >= 4 is 5.91 Å². The normalized spacial score (nSPS) is 37.5. The molecule has 21 heavy (non-hydrogen) atoms. The third-order valence-electron chi connectivity index (χ3n) is 6.14. The number of rotatable bonds is 5. The van der Waals surface area contributed by atoms with Gasteiger partial charge in [0.05, 0.1) is 6.10 Å². The van der Waals surface area contributed by atoms with Crippen LogP contribution in [0.1, 0.15) is 46.0 Å². The molecule has 3 unspecified atom stereocenters. The van der Waals surface area contributed by atoms with Crippen LogP contribution in [0, 0.1) is 11.3 Å². The molecule has 0 spiro atoms. The summed E-state index contributed by atoms with van der Waals surface area (Å²) in [6, 6.07) is 0.321. The van der Waals surface area contributed by atoms with Gasteiger partial charge in [0.25, 0.3) is 0 Å². The molecule has 1 heterocycles. The van der Waals surface area contributed by atoms with Crippen LogP contribution < -0.4 is 5.73 Å². The fraction of sp³-hybridized carbons (Fsp3) is 0.938. The van der Waals surface area contributed by atoms with Crippen molar-refractivity contribution in [2.75, 3.05) is 19.8 Å². The van der Waals surface area contributed by atoms with Crippen LogP contribution in [0.3, 0.4) is 0 Å². The highest BCUT2D eigenvalue weighted by atomic mass is 16.5. The van der Waals surface area contributed by atoms with Gasteiger partial charge in [0, 0.05) is 37.1 Å². The summed E-state index contributed by atoms with van der Waals surface area (Å²) in [6.07, 6.45) is 4.95. The summed E-state index contributed by atoms with van der Waals surface area (Å²) in [7, 11) is 0. The smallest absolute Gasteiger partial charge is 0.243 e. The van der Waals surface area contributed by atoms with Crippen LogP contribution in [0.25, 0.3) is 0 Å². The molecule has 3 N–H and O–H groups in total. The number of nitrogens with two attached hydrogens (primary N) is 1. The zero-order valence-corrected chi connectivity index (χ0v) is 13.2. The van der Waals surface area contributed by atoms with Crippen LogP contribution in [-0.2, 0) is 9.53 Å². The minimum Gasteiger partial charge on any atom is -0.396 e. The Labute approximate surface area is 126 Å². The molecule has 2 aliphatic carbocycles. The summed E-state index contributed by atoms with van der Waals surface area (Å²) in [6.45, 7) is 5.57. The first-order valence-electron chi connectivity index (χ1n) is 8.27. The summed E-state index contributed by atoms with van der Waals surface area (Å²) in [4.78, 5) is 15.2. The number of nitrogens with zero attached hydrogens (tertiary/aromatic N) is 1. The van der Waals surface area contributed by atoms with Crippen molar-refractivity contribution in [1.29, 1.82) is 0 Å². The van der Waals surface area contributed by atoms with Gasteiger partial charge in [0.1, 0.15) is 5.54 Å².